The summed E-state index contributed by atoms with van der Waals surface area (Å²) in [5, 5.41) is 12.0. The molecule has 5 nitrogen and oxygen atoms in total. The van der Waals surface area contributed by atoms with Gasteiger partial charge in [-0.2, -0.15) is 0 Å². The van der Waals surface area contributed by atoms with Crippen molar-refractivity contribution < 1.29 is 13.5 Å². The van der Waals surface area contributed by atoms with Crippen LogP contribution in [0.25, 0.3) is 0 Å². The minimum atomic E-state index is -3.74. The molecule has 0 amide bonds. The maximum absolute atomic E-state index is 12.7. The van der Waals surface area contributed by atoms with Crippen molar-refractivity contribution in [2.75, 3.05) is 10.8 Å². The van der Waals surface area contributed by atoms with Crippen molar-refractivity contribution in [1.29, 1.82) is 0 Å². The molecule has 7 heteroatoms. The van der Waals surface area contributed by atoms with E-state index in [4.69, 9.17) is 0 Å². The van der Waals surface area contributed by atoms with Gasteiger partial charge in [0.05, 0.1) is 17.0 Å². The highest BCUT2D eigenvalue weighted by atomic mass is 32.2. The zero-order valence-corrected chi connectivity index (χ0v) is 12.9. The van der Waals surface area contributed by atoms with Crippen molar-refractivity contribution in [3.8, 4) is 0 Å². The van der Waals surface area contributed by atoms with Gasteiger partial charge < -0.3 is 5.11 Å². The maximum Gasteiger partial charge on any atom is 0.266 e. The summed E-state index contributed by atoms with van der Waals surface area (Å²) in [6.45, 7) is 3.07. The Morgan fingerprint density at radius 3 is 2.45 bits per heavy atom. The van der Waals surface area contributed by atoms with Crippen LogP contribution in [0.5, 0.6) is 0 Å². The van der Waals surface area contributed by atoms with E-state index in [1.807, 2.05) is 0 Å². The monoisotopic (exact) mass is 312 g/mol. The van der Waals surface area contributed by atoms with Crippen LogP contribution in [-0.2, 0) is 10.0 Å². The average molecular weight is 312 g/mol. The molecule has 1 heterocycles. The summed E-state index contributed by atoms with van der Waals surface area (Å²) in [6, 6.07) is 8.14. The molecule has 108 valence electrons. The van der Waals surface area contributed by atoms with E-state index in [1.165, 1.54) is 29.7 Å². The van der Waals surface area contributed by atoms with Gasteiger partial charge in [0.15, 0.2) is 5.13 Å². The summed E-state index contributed by atoms with van der Waals surface area (Å²) in [5.41, 5.74) is -1.16. The number of anilines is 1. The molecular weight excluding hydrogens is 296 g/mol. The second kappa shape index (κ2) is 5.51. The Bertz CT molecular complexity index is 647. The van der Waals surface area contributed by atoms with Crippen LogP contribution in [0.2, 0.25) is 0 Å². The summed E-state index contributed by atoms with van der Waals surface area (Å²) < 4.78 is 26.5. The molecule has 0 aliphatic carbocycles. The fourth-order valence-corrected chi connectivity index (χ4v) is 4.13. The zero-order chi connectivity index (χ0) is 14.8. The lowest BCUT2D eigenvalue weighted by molar-refractivity contribution is 0.0909. The van der Waals surface area contributed by atoms with Gasteiger partial charge >= 0.3 is 0 Å². The van der Waals surface area contributed by atoms with E-state index in [1.54, 1.807) is 37.4 Å². The Balaban J connectivity index is 2.47. The number of benzene rings is 1. The fraction of sp³-hybridized carbons (Fsp3) is 0.308. The van der Waals surface area contributed by atoms with Crippen LogP contribution in [0.1, 0.15) is 13.8 Å². The highest BCUT2D eigenvalue weighted by Gasteiger charge is 2.31. The molecule has 0 bridgehead atoms. The zero-order valence-electron chi connectivity index (χ0n) is 11.2. The largest absolute Gasteiger partial charge is 0.389 e. The van der Waals surface area contributed by atoms with Crippen molar-refractivity contribution >= 4 is 26.5 Å². The fourth-order valence-electron chi connectivity index (χ4n) is 1.67. The third-order valence-corrected chi connectivity index (χ3v) is 5.15. The minimum absolute atomic E-state index is 0.0578. The van der Waals surface area contributed by atoms with Crippen LogP contribution in [0.3, 0.4) is 0 Å². The standard InChI is InChI=1S/C13H16N2O3S2/c1-13(2,16)10-15(12-14-8-9-19-12)20(17,18)11-6-4-3-5-7-11/h3-9,16H,10H2,1-2H3. The van der Waals surface area contributed by atoms with Gasteiger partial charge in [0, 0.05) is 11.6 Å². The molecule has 0 radical (unpaired) electrons. The third-order valence-electron chi connectivity index (χ3n) is 2.49. The summed E-state index contributed by atoms with van der Waals surface area (Å²) >= 11 is 1.22. The quantitative estimate of drug-likeness (QED) is 0.918. The summed E-state index contributed by atoms with van der Waals surface area (Å²) in [6.07, 6.45) is 1.54. The molecule has 2 aromatic rings. The summed E-state index contributed by atoms with van der Waals surface area (Å²) in [4.78, 5) is 4.23. The highest BCUT2D eigenvalue weighted by Crippen LogP contribution is 2.27. The van der Waals surface area contributed by atoms with Gasteiger partial charge in [-0.15, -0.1) is 11.3 Å². The first-order chi connectivity index (χ1) is 9.31. The molecule has 0 saturated carbocycles. The lowest BCUT2D eigenvalue weighted by Gasteiger charge is -2.28. The number of nitrogens with zero attached hydrogens (tertiary/aromatic N) is 2. The van der Waals surface area contributed by atoms with Gasteiger partial charge in [0.1, 0.15) is 0 Å². The van der Waals surface area contributed by atoms with Crippen molar-refractivity contribution in [1.82, 2.24) is 4.98 Å². The number of aromatic nitrogens is 1. The molecule has 0 aliphatic rings. The van der Waals surface area contributed by atoms with E-state index < -0.39 is 15.6 Å². The van der Waals surface area contributed by atoms with Gasteiger partial charge in [0.2, 0.25) is 0 Å². The van der Waals surface area contributed by atoms with Gasteiger partial charge in [-0.25, -0.2) is 17.7 Å². The van der Waals surface area contributed by atoms with Crippen LogP contribution in [0, 0.1) is 0 Å². The molecule has 0 fully saturated rings. The van der Waals surface area contributed by atoms with Crippen molar-refractivity contribution in [2.45, 2.75) is 24.3 Å². The number of hydrogen-bond donors (Lipinski definition) is 1. The van der Waals surface area contributed by atoms with Crippen LogP contribution in [0.4, 0.5) is 5.13 Å². The Morgan fingerprint density at radius 2 is 1.95 bits per heavy atom. The molecular formula is C13H16N2O3S2. The minimum Gasteiger partial charge on any atom is -0.389 e. The molecule has 0 aliphatic heterocycles. The van der Waals surface area contributed by atoms with E-state index in [9.17, 15) is 13.5 Å². The van der Waals surface area contributed by atoms with Crippen molar-refractivity contribution in [2.24, 2.45) is 0 Å². The van der Waals surface area contributed by atoms with Crippen molar-refractivity contribution in [3.05, 3.63) is 41.9 Å². The van der Waals surface area contributed by atoms with Gasteiger partial charge in [0.25, 0.3) is 10.0 Å². The number of hydrogen-bond acceptors (Lipinski definition) is 5. The first-order valence-electron chi connectivity index (χ1n) is 6.00. The van der Waals surface area contributed by atoms with Crippen LogP contribution >= 0.6 is 11.3 Å². The Morgan fingerprint density at radius 1 is 1.30 bits per heavy atom. The van der Waals surface area contributed by atoms with Crippen LogP contribution in [0.15, 0.2) is 46.8 Å². The predicted molar refractivity (Wildman–Crippen MR) is 79.4 cm³/mol. The van der Waals surface area contributed by atoms with Gasteiger partial charge in [-0.3, -0.25) is 0 Å². The molecule has 0 saturated heterocycles. The van der Waals surface area contributed by atoms with E-state index in [0.717, 1.165) is 4.31 Å². The Hall–Kier alpha value is -1.44. The third kappa shape index (κ3) is 3.36. The van der Waals surface area contributed by atoms with E-state index in [-0.39, 0.29) is 11.4 Å². The van der Waals surface area contributed by atoms with Crippen molar-refractivity contribution in [3.63, 3.8) is 0 Å². The number of aliphatic hydroxyl groups is 1. The van der Waals surface area contributed by atoms with Crippen LogP contribution in [-0.4, -0.2) is 30.7 Å². The molecule has 1 aromatic carbocycles. The first kappa shape index (κ1) is 15.0. The first-order valence-corrected chi connectivity index (χ1v) is 8.32. The number of sulfonamides is 1. The summed E-state index contributed by atoms with van der Waals surface area (Å²) in [5.74, 6) is 0. The van der Waals surface area contributed by atoms with Crippen LogP contribution < -0.4 is 4.31 Å². The number of rotatable bonds is 5. The lowest BCUT2D eigenvalue weighted by atomic mass is 10.1. The van der Waals surface area contributed by atoms with Gasteiger partial charge in [-0.05, 0) is 26.0 Å². The predicted octanol–water partition coefficient (Wildman–Crippen LogP) is 2.11. The molecule has 0 spiro atoms. The Kier molecular flexibility index (Phi) is 4.12. The van der Waals surface area contributed by atoms with E-state index >= 15 is 0 Å². The maximum atomic E-state index is 12.7. The average Bonchev–Trinajstić information content (AvgIpc) is 2.89. The number of thiazole rings is 1. The molecule has 2 rings (SSSR count). The lowest BCUT2D eigenvalue weighted by Crippen LogP contribution is -2.42. The second-order valence-corrected chi connectivity index (χ2v) is 7.69. The molecule has 1 N–H and O–H groups in total. The van der Waals surface area contributed by atoms with E-state index in [2.05, 4.69) is 4.98 Å². The Labute approximate surface area is 122 Å². The SMILES string of the molecule is CC(C)(O)CN(c1nccs1)S(=O)(=O)c1ccccc1. The summed E-state index contributed by atoms with van der Waals surface area (Å²) in [7, 11) is -3.74. The normalized spacial score (nSPS) is 12.3. The molecule has 0 unspecified atom stereocenters. The highest BCUT2D eigenvalue weighted by molar-refractivity contribution is 7.93. The molecule has 20 heavy (non-hydrogen) atoms. The topological polar surface area (TPSA) is 70.5 Å². The smallest absolute Gasteiger partial charge is 0.266 e. The second-order valence-electron chi connectivity index (χ2n) is 4.95. The molecule has 0 atom stereocenters. The van der Waals surface area contributed by atoms with E-state index in [0.29, 0.717) is 5.13 Å². The van der Waals surface area contributed by atoms with Gasteiger partial charge in [-0.1, -0.05) is 18.2 Å². The molecule has 1 aromatic heterocycles.